The summed E-state index contributed by atoms with van der Waals surface area (Å²) in [5.74, 6) is 0. The Bertz CT molecular complexity index is 434. The molecule has 0 fully saturated rings. The van der Waals surface area contributed by atoms with Gasteiger partial charge in [-0.1, -0.05) is 23.3 Å². The molecule has 0 saturated carbocycles. The number of aldehydes is 1. The Hall–Kier alpha value is -1.57. The maximum absolute atomic E-state index is 11.1. The summed E-state index contributed by atoms with van der Waals surface area (Å²) in [5.41, 5.74) is 4.38. The molecule has 0 atom stereocenters. The van der Waals surface area contributed by atoms with Gasteiger partial charge in [-0.25, -0.2) is 0 Å². The lowest BCUT2D eigenvalue weighted by atomic mass is 10.1. The quantitative estimate of drug-likeness (QED) is 0.558. The number of rotatable bonds is 2. The molecule has 1 aliphatic rings. The third-order valence-corrected chi connectivity index (χ3v) is 2.98. The predicted octanol–water partition coefficient (Wildman–Crippen LogP) is 2.96. The van der Waals surface area contributed by atoms with Gasteiger partial charge >= 0.3 is 0 Å². The molecule has 0 N–H and O–H groups in total. The molecule has 1 aromatic rings. The van der Waals surface area contributed by atoms with Crippen molar-refractivity contribution in [3.63, 3.8) is 0 Å². The number of hydrogen-bond acceptors (Lipinski definition) is 2. The number of anilines is 1. The second-order valence-electron chi connectivity index (χ2n) is 4.44. The van der Waals surface area contributed by atoms with Gasteiger partial charge in [-0.2, -0.15) is 0 Å². The van der Waals surface area contributed by atoms with Crippen LogP contribution in [0.3, 0.4) is 0 Å². The largest absolute Gasteiger partial charge is 0.367 e. The van der Waals surface area contributed by atoms with Crippen LogP contribution in [0.15, 0.2) is 29.8 Å². The van der Waals surface area contributed by atoms with Crippen LogP contribution in [0.2, 0.25) is 0 Å². The standard InChI is InChI=1S/C14H17NO/c1-11-5-6-14(13(8-11)10-16)15-7-3-4-12(2)9-15/h4-6,8,10H,3,7,9H2,1-2H3. The zero-order chi connectivity index (χ0) is 11.5. The van der Waals surface area contributed by atoms with Crippen LogP contribution in [0.25, 0.3) is 0 Å². The molecule has 84 valence electrons. The summed E-state index contributed by atoms with van der Waals surface area (Å²) in [4.78, 5) is 13.3. The Kier molecular flexibility index (Phi) is 3.09. The summed E-state index contributed by atoms with van der Waals surface area (Å²) in [6, 6.07) is 6.07. The average molecular weight is 215 g/mol. The molecule has 0 bridgehead atoms. The van der Waals surface area contributed by atoms with Crippen LogP contribution in [0.1, 0.15) is 29.3 Å². The molecular formula is C14H17NO. The third kappa shape index (κ3) is 2.16. The monoisotopic (exact) mass is 215 g/mol. The molecule has 2 rings (SSSR count). The molecule has 0 spiro atoms. The maximum Gasteiger partial charge on any atom is 0.152 e. The summed E-state index contributed by atoms with van der Waals surface area (Å²) in [6.07, 6.45) is 4.29. The summed E-state index contributed by atoms with van der Waals surface area (Å²) in [7, 11) is 0. The minimum absolute atomic E-state index is 0.801. The summed E-state index contributed by atoms with van der Waals surface area (Å²) < 4.78 is 0. The van der Waals surface area contributed by atoms with Gasteiger partial charge in [0.25, 0.3) is 0 Å². The topological polar surface area (TPSA) is 20.3 Å². The number of aryl methyl sites for hydroxylation is 1. The van der Waals surface area contributed by atoms with Gasteiger partial charge < -0.3 is 4.90 Å². The van der Waals surface area contributed by atoms with E-state index in [-0.39, 0.29) is 0 Å². The van der Waals surface area contributed by atoms with Gasteiger partial charge in [-0.05, 0) is 32.4 Å². The van der Waals surface area contributed by atoms with Crippen molar-refractivity contribution >= 4 is 12.0 Å². The second kappa shape index (κ2) is 4.52. The molecule has 1 heterocycles. The highest BCUT2D eigenvalue weighted by Gasteiger charge is 2.13. The molecule has 0 amide bonds. The normalized spacial score (nSPS) is 15.9. The van der Waals surface area contributed by atoms with Gasteiger partial charge in [0.15, 0.2) is 6.29 Å². The Morgan fingerprint density at radius 1 is 1.31 bits per heavy atom. The first-order valence-electron chi connectivity index (χ1n) is 5.67. The number of nitrogens with zero attached hydrogens (tertiary/aromatic N) is 1. The lowest BCUT2D eigenvalue weighted by Gasteiger charge is -2.29. The van der Waals surface area contributed by atoms with Gasteiger partial charge in [0.2, 0.25) is 0 Å². The molecular weight excluding hydrogens is 198 g/mol. The summed E-state index contributed by atoms with van der Waals surface area (Å²) >= 11 is 0. The lowest BCUT2D eigenvalue weighted by molar-refractivity contribution is 0.112. The molecule has 0 saturated heterocycles. The van der Waals surface area contributed by atoms with E-state index in [0.717, 1.165) is 42.6 Å². The van der Waals surface area contributed by atoms with Crippen LogP contribution in [0.5, 0.6) is 0 Å². The highest BCUT2D eigenvalue weighted by Crippen LogP contribution is 2.23. The van der Waals surface area contributed by atoms with Gasteiger partial charge in [-0.3, -0.25) is 4.79 Å². The molecule has 1 aliphatic heterocycles. The van der Waals surface area contributed by atoms with E-state index in [1.807, 2.05) is 13.0 Å². The molecule has 0 aliphatic carbocycles. The Labute approximate surface area is 96.6 Å². The first-order chi connectivity index (χ1) is 7.70. The van der Waals surface area contributed by atoms with Crippen LogP contribution < -0.4 is 4.90 Å². The van der Waals surface area contributed by atoms with Crippen molar-refractivity contribution < 1.29 is 4.79 Å². The van der Waals surface area contributed by atoms with Crippen molar-refractivity contribution in [2.75, 3.05) is 18.0 Å². The van der Waals surface area contributed by atoms with Crippen LogP contribution in [-0.4, -0.2) is 19.4 Å². The first kappa shape index (κ1) is 10.9. The summed E-state index contributed by atoms with van der Waals surface area (Å²) in [6.45, 7) is 6.09. The van der Waals surface area contributed by atoms with Crippen LogP contribution in [-0.2, 0) is 0 Å². The van der Waals surface area contributed by atoms with Crippen molar-refractivity contribution in [1.29, 1.82) is 0 Å². The highest BCUT2D eigenvalue weighted by atomic mass is 16.1. The first-order valence-corrected chi connectivity index (χ1v) is 5.67. The van der Waals surface area contributed by atoms with E-state index in [2.05, 4.69) is 30.0 Å². The van der Waals surface area contributed by atoms with E-state index in [1.54, 1.807) is 0 Å². The molecule has 16 heavy (non-hydrogen) atoms. The van der Waals surface area contributed by atoms with Crippen LogP contribution >= 0.6 is 0 Å². The van der Waals surface area contributed by atoms with Crippen molar-refractivity contribution in [3.8, 4) is 0 Å². The fourth-order valence-electron chi connectivity index (χ4n) is 2.17. The number of carbonyl (C=O) groups excluding carboxylic acids is 1. The smallest absolute Gasteiger partial charge is 0.152 e. The number of benzene rings is 1. The predicted molar refractivity (Wildman–Crippen MR) is 67.2 cm³/mol. The van der Waals surface area contributed by atoms with Crippen LogP contribution in [0, 0.1) is 6.92 Å². The van der Waals surface area contributed by atoms with Crippen molar-refractivity contribution in [3.05, 3.63) is 41.0 Å². The molecule has 1 aromatic carbocycles. The second-order valence-corrected chi connectivity index (χ2v) is 4.44. The SMILES string of the molecule is CC1=CCCN(c2ccc(C)cc2C=O)C1. The van der Waals surface area contributed by atoms with Crippen molar-refractivity contribution in [2.45, 2.75) is 20.3 Å². The lowest BCUT2D eigenvalue weighted by Crippen LogP contribution is -2.29. The zero-order valence-corrected chi connectivity index (χ0v) is 9.86. The number of carbonyl (C=O) groups is 1. The van der Waals surface area contributed by atoms with E-state index in [0.29, 0.717) is 0 Å². The van der Waals surface area contributed by atoms with Crippen molar-refractivity contribution in [2.24, 2.45) is 0 Å². The maximum atomic E-state index is 11.1. The average Bonchev–Trinajstić information content (AvgIpc) is 2.28. The fourth-order valence-corrected chi connectivity index (χ4v) is 2.17. The Morgan fingerprint density at radius 2 is 2.12 bits per heavy atom. The van der Waals surface area contributed by atoms with E-state index >= 15 is 0 Å². The van der Waals surface area contributed by atoms with Crippen molar-refractivity contribution in [1.82, 2.24) is 0 Å². The van der Waals surface area contributed by atoms with E-state index in [4.69, 9.17) is 0 Å². The summed E-state index contributed by atoms with van der Waals surface area (Å²) in [5, 5.41) is 0. The van der Waals surface area contributed by atoms with Gasteiger partial charge in [0, 0.05) is 24.3 Å². The fraction of sp³-hybridized carbons (Fsp3) is 0.357. The van der Waals surface area contributed by atoms with Gasteiger partial charge in [-0.15, -0.1) is 0 Å². The van der Waals surface area contributed by atoms with Gasteiger partial charge in [0.1, 0.15) is 0 Å². The molecule has 0 radical (unpaired) electrons. The molecule has 0 unspecified atom stereocenters. The molecule has 2 heteroatoms. The Balaban J connectivity index is 2.33. The minimum atomic E-state index is 0.801. The highest BCUT2D eigenvalue weighted by molar-refractivity contribution is 5.85. The molecule has 0 aromatic heterocycles. The zero-order valence-electron chi connectivity index (χ0n) is 9.86. The van der Waals surface area contributed by atoms with Gasteiger partial charge in [0.05, 0.1) is 0 Å². The Morgan fingerprint density at radius 3 is 2.81 bits per heavy atom. The van der Waals surface area contributed by atoms with Crippen LogP contribution in [0.4, 0.5) is 5.69 Å². The third-order valence-electron chi connectivity index (χ3n) is 2.98. The molecule has 2 nitrogen and oxygen atoms in total. The van der Waals surface area contributed by atoms with E-state index < -0.39 is 0 Å². The minimum Gasteiger partial charge on any atom is -0.367 e. The van der Waals surface area contributed by atoms with E-state index in [9.17, 15) is 4.79 Å². The van der Waals surface area contributed by atoms with E-state index in [1.165, 1.54) is 5.57 Å². The number of hydrogen-bond donors (Lipinski definition) is 0.